The lowest BCUT2D eigenvalue weighted by Crippen LogP contribution is -2.49. The Kier molecular flexibility index (Phi) is 5.66. The van der Waals surface area contributed by atoms with Gasteiger partial charge in [0, 0.05) is 50.5 Å². The van der Waals surface area contributed by atoms with Crippen LogP contribution >= 0.6 is 0 Å². The minimum atomic E-state index is -4.76. The molecule has 0 unspecified atom stereocenters. The van der Waals surface area contributed by atoms with Crippen molar-refractivity contribution in [2.24, 2.45) is 0 Å². The van der Waals surface area contributed by atoms with Crippen LogP contribution in [0.5, 0.6) is 0 Å². The number of alkyl halides is 3. The van der Waals surface area contributed by atoms with E-state index in [1.54, 1.807) is 0 Å². The van der Waals surface area contributed by atoms with Crippen LogP contribution in [0.3, 0.4) is 0 Å². The highest BCUT2D eigenvalue weighted by Gasteiger charge is 2.38. The van der Waals surface area contributed by atoms with Gasteiger partial charge in [-0.3, -0.25) is 15.0 Å². The molecule has 24 heavy (non-hydrogen) atoms. The van der Waals surface area contributed by atoms with Gasteiger partial charge in [0.2, 0.25) is 0 Å². The first-order valence-electron chi connectivity index (χ1n) is 7.70. The molecule has 0 bridgehead atoms. The van der Waals surface area contributed by atoms with Crippen LogP contribution in [0.15, 0.2) is 18.2 Å². The molecule has 1 atom stereocenters. The summed E-state index contributed by atoms with van der Waals surface area (Å²) in [7, 11) is 2.05. The molecule has 2 rings (SSSR count). The molecule has 0 amide bonds. The number of anilines is 1. The van der Waals surface area contributed by atoms with Gasteiger partial charge in [-0.15, -0.1) is 0 Å². The summed E-state index contributed by atoms with van der Waals surface area (Å²) in [6, 6.07) is 3.16. The fourth-order valence-corrected chi connectivity index (χ4v) is 2.69. The lowest BCUT2D eigenvalue weighted by Gasteiger charge is -2.36. The molecule has 1 aromatic rings. The lowest BCUT2D eigenvalue weighted by atomic mass is 10.1. The fourth-order valence-electron chi connectivity index (χ4n) is 2.69. The number of nitrogens with zero attached hydrogens (tertiary/aromatic N) is 3. The molecule has 0 aromatic heterocycles. The Labute approximate surface area is 138 Å². The van der Waals surface area contributed by atoms with Crippen molar-refractivity contribution in [2.45, 2.75) is 19.1 Å². The number of likely N-dealkylation sites (N-methyl/N-ethyl adjacent to an activating group) is 1. The minimum absolute atomic E-state index is 0.156. The van der Waals surface area contributed by atoms with Crippen LogP contribution in [0.25, 0.3) is 0 Å². The second-order valence-corrected chi connectivity index (χ2v) is 6.06. The van der Waals surface area contributed by atoms with Crippen LogP contribution in [0, 0.1) is 10.1 Å². The Morgan fingerprint density at radius 1 is 1.29 bits per heavy atom. The summed E-state index contributed by atoms with van der Waals surface area (Å²) in [6.07, 6.45) is -4.76. The SMILES string of the molecule is C[C@H](CNc1ccc([N+](=O)[O-])c(C(F)(F)F)c1)N1CCN(C)CC1. The van der Waals surface area contributed by atoms with Crippen molar-refractivity contribution in [3.63, 3.8) is 0 Å². The van der Waals surface area contributed by atoms with Crippen LogP contribution in [-0.4, -0.2) is 60.5 Å². The first kappa shape index (κ1) is 18.5. The monoisotopic (exact) mass is 346 g/mol. The first-order valence-corrected chi connectivity index (χ1v) is 7.70. The third kappa shape index (κ3) is 4.57. The normalized spacial score (nSPS) is 18.4. The van der Waals surface area contributed by atoms with Crippen LogP contribution in [0.1, 0.15) is 12.5 Å². The number of piperazine rings is 1. The number of halogens is 3. The molecule has 1 aliphatic rings. The van der Waals surface area contributed by atoms with Gasteiger partial charge in [0.25, 0.3) is 5.69 Å². The van der Waals surface area contributed by atoms with Crippen molar-refractivity contribution in [1.29, 1.82) is 0 Å². The quantitative estimate of drug-likeness (QED) is 0.656. The number of nitro groups is 1. The Morgan fingerprint density at radius 3 is 2.46 bits per heavy atom. The minimum Gasteiger partial charge on any atom is -0.383 e. The fraction of sp³-hybridized carbons (Fsp3) is 0.600. The molecule has 6 nitrogen and oxygen atoms in total. The largest absolute Gasteiger partial charge is 0.423 e. The van der Waals surface area contributed by atoms with Crippen molar-refractivity contribution in [3.05, 3.63) is 33.9 Å². The van der Waals surface area contributed by atoms with E-state index in [0.29, 0.717) is 6.54 Å². The molecule has 0 radical (unpaired) electrons. The van der Waals surface area contributed by atoms with Crippen molar-refractivity contribution >= 4 is 11.4 Å². The van der Waals surface area contributed by atoms with Gasteiger partial charge in [0.1, 0.15) is 5.56 Å². The van der Waals surface area contributed by atoms with E-state index in [-0.39, 0.29) is 11.7 Å². The van der Waals surface area contributed by atoms with Crippen LogP contribution in [-0.2, 0) is 6.18 Å². The first-order chi connectivity index (χ1) is 11.2. The van der Waals surface area contributed by atoms with E-state index in [1.165, 1.54) is 6.07 Å². The highest BCUT2D eigenvalue weighted by molar-refractivity contribution is 5.55. The molecule has 1 aliphatic heterocycles. The number of nitro benzene ring substituents is 1. The summed E-state index contributed by atoms with van der Waals surface area (Å²) in [6.45, 7) is 6.22. The van der Waals surface area contributed by atoms with Gasteiger partial charge in [-0.05, 0) is 26.1 Å². The maximum Gasteiger partial charge on any atom is 0.423 e. The Bertz CT molecular complexity index is 587. The maximum atomic E-state index is 13.0. The Hall–Kier alpha value is -1.87. The second kappa shape index (κ2) is 7.35. The van der Waals surface area contributed by atoms with E-state index in [9.17, 15) is 23.3 Å². The summed E-state index contributed by atoms with van der Waals surface area (Å²) in [5.74, 6) is 0. The summed E-state index contributed by atoms with van der Waals surface area (Å²) >= 11 is 0. The van der Waals surface area contributed by atoms with Crippen molar-refractivity contribution < 1.29 is 18.1 Å². The zero-order chi connectivity index (χ0) is 17.9. The van der Waals surface area contributed by atoms with Gasteiger partial charge in [-0.1, -0.05) is 0 Å². The maximum absolute atomic E-state index is 13.0. The van der Waals surface area contributed by atoms with Crippen molar-refractivity contribution in [2.75, 3.05) is 45.1 Å². The van der Waals surface area contributed by atoms with Crippen molar-refractivity contribution in [1.82, 2.24) is 9.80 Å². The van der Waals surface area contributed by atoms with Gasteiger partial charge in [0.15, 0.2) is 0 Å². The lowest BCUT2D eigenvalue weighted by molar-refractivity contribution is -0.388. The van der Waals surface area contributed by atoms with Gasteiger partial charge in [0.05, 0.1) is 4.92 Å². The molecule has 9 heteroatoms. The molecular weight excluding hydrogens is 325 g/mol. The molecule has 1 N–H and O–H groups in total. The van der Waals surface area contributed by atoms with Gasteiger partial charge in [-0.25, -0.2) is 0 Å². The standard InChI is InChI=1S/C15H21F3N4O2/c1-11(21-7-5-20(2)6-8-21)10-19-12-3-4-14(22(23)24)13(9-12)15(16,17)18/h3-4,9,11,19H,5-8,10H2,1-2H3/t11-/m1/s1. The highest BCUT2D eigenvalue weighted by atomic mass is 19.4. The number of hydrogen-bond donors (Lipinski definition) is 1. The molecule has 1 heterocycles. The topological polar surface area (TPSA) is 61.7 Å². The number of benzene rings is 1. The second-order valence-electron chi connectivity index (χ2n) is 6.06. The molecule has 134 valence electrons. The molecule has 0 spiro atoms. The van der Waals surface area contributed by atoms with E-state index >= 15 is 0 Å². The number of nitrogens with one attached hydrogen (secondary N) is 1. The van der Waals surface area contributed by atoms with Crippen LogP contribution < -0.4 is 5.32 Å². The molecule has 1 aromatic carbocycles. The van der Waals surface area contributed by atoms with E-state index in [4.69, 9.17) is 0 Å². The van der Waals surface area contributed by atoms with E-state index in [2.05, 4.69) is 22.2 Å². The molecule has 0 aliphatic carbocycles. The van der Waals surface area contributed by atoms with Crippen LogP contribution in [0.2, 0.25) is 0 Å². The van der Waals surface area contributed by atoms with E-state index < -0.39 is 22.4 Å². The predicted molar refractivity (Wildman–Crippen MR) is 85.1 cm³/mol. The predicted octanol–water partition coefficient (Wildman–Crippen LogP) is 2.66. The number of rotatable bonds is 5. The summed E-state index contributed by atoms with van der Waals surface area (Å²) < 4.78 is 38.9. The number of hydrogen-bond acceptors (Lipinski definition) is 5. The average molecular weight is 346 g/mol. The highest BCUT2D eigenvalue weighted by Crippen LogP contribution is 2.37. The zero-order valence-electron chi connectivity index (χ0n) is 13.6. The third-order valence-corrected chi connectivity index (χ3v) is 4.26. The van der Waals surface area contributed by atoms with Gasteiger partial charge >= 0.3 is 6.18 Å². The molecule has 0 saturated carbocycles. The van der Waals surface area contributed by atoms with E-state index in [0.717, 1.165) is 38.3 Å². The Balaban J connectivity index is 2.03. The summed E-state index contributed by atoms with van der Waals surface area (Å²) in [5.41, 5.74) is -1.93. The Morgan fingerprint density at radius 2 is 1.92 bits per heavy atom. The summed E-state index contributed by atoms with van der Waals surface area (Å²) in [4.78, 5) is 14.2. The van der Waals surface area contributed by atoms with Gasteiger partial charge < -0.3 is 10.2 Å². The molecule has 1 fully saturated rings. The van der Waals surface area contributed by atoms with Crippen molar-refractivity contribution in [3.8, 4) is 0 Å². The smallest absolute Gasteiger partial charge is 0.383 e. The average Bonchev–Trinajstić information content (AvgIpc) is 2.52. The van der Waals surface area contributed by atoms with E-state index in [1.807, 2.05) is 6.92 Å². The molecule has 1 saturated heterocycles. The van der Waals surface area contributed by atoms with Gasteiger partial charge in [-0.2, -0.15) is 13.2 Å². The zero-order valence-corrected chi connectivity index (χ0v) is 13.6. The summed E-state index contributed by atoms with van der Waals surface area (Å²) in [5, 5.41) is 13.7. The third-order valence-electron chi connectivity index (χ3n) is 4.26. The molecular formula is C15H21F3N4O2. The van der Waals surface area contributed by atoms with Crippen LogP contribution in [0.4, 0.5) is 24.5 Å².